The Balaban J connectivity index is 2.09. The molecule has 0 amide bonds. The third kappa shape index (κ3) is 3.24. The molecule has 2 atom stereocenters. The average Bonchev–Trinajstić information content (AvgIpc) is 2.85. The van der Waals surface area contributed by atoms with E-state index in [1.54, 1.807) is 6.07 Å². The first-order chi connectivity index (χ1) is 8.22. The molecule has 1 nitrogen and oxygen atoms in total. The smallest absolute Gasteiger partial charge is 0.137 e. The van der Waals surface area contributed by atoms with Crippen LogP contribution in [-0.2, 0) is 6.42 Å². The van der Waals surface area contributed by atoms with Crippen LogP contribution in [0.3, 0.4) is 0 Å². The Morgan fingerprint density at radius 1 is 1.59 bits per heavy atom. The van der Waals surface area contributed by atoms with Gasteiger partial charge < -0.3 is 5.32 Å². The van der Waals surface area contributed by atoms with Crippen LogP contribution in [0.2, 0.25) is 0 Å². The number of thioether (sulfide) groups is 1. The third-order valence-corrected chi connectivity index (χ3v) is 5.45. The van der Waals surface area contributed by atoms with E-state index in [4.69, 9.17) is 0 Å². The maximum atomic E-state index is 13.4. The quantitative estimate of drug-likeness (QED) is 0.912. The van der Waals surface area contributed by atoms with Gasteiger partial charge >= 0.3 is 0 Å². The minimum Gasteiger partial charge on any atom is -0.316 e. The lowest BCUT2D eigenvalue weighted by molar-refractivity contribution is 0.403. The van der Waals surface area contributed by atoms with Gasteiger partial charge in [-0.25, -0.2) is 4.39 Å². The van der Waals surface area contributed by atoms with Crippen molar-refractivity contribution in [3.05, 3.63) is 34.1 Å². The van der Waals surface area contributed by atoms with Gasteiger partial charge in [0, 0.05) is 6.04 Å². The molecule has 1 saturated heterocycles. The first-order valence-corrected chi connectivity index (χ1v) is 7.85. The molecule has 0 bridgehead atoms. The molecule has 1 aliphatic rings. The predicted molar refractivity (Wildman–Crippen MR) is 76.1 cm³/mol. The zero-order valence-electron chi connectivity index (χ0n) is 9.88. The van der Waals surface area contributed by atoms with E-state index in [1.807, 2.05) is 24.9 Å². The van der Waals surface area contributed by atoms with Crippen molar-refractivity contribution in [2.75, 3.05) is 18.6 Å². The van der Waals surface area contributed by atoms with Crippen molar-refractivity contribution < 1.29 is 4.39 Å². The molecule has 2 unspecified atom stereocenters. The van der Waals surface area contributed by atoms with Gasteiger partial charge in [0.1, 0.15) is 5.82 Å². The van der Waals surface area contributed by atoms with Crippen molar-refractivity contribution in [3.8, 4) is 0 Å². The van der Waals surface area contributed by atoms with E-state index < -0.39 is 0 Å². The van der Waals surface area contributed by atoms with E-state index in [0.717, 1.165) is 12.0 Å². The fourth-order valence-electron chi connectivity index (χ4n) is 2.32. The highest BCUT2D eigenvalue weighted by molar-refractivity contribution is 9.10. The SMILES string of the molecule is CNC(Cc1cccc(F)c1Br)C1CCSC1. The number of nitrogens with one attached hydrogen (secondary N) is 1. The van der Waals surface area contributed by atoms with E-state index in [-0.39, 0.29) is 5.82 Å². The van der Waals surface area contributed by atoms with Gasteiger partial charge in [-0.05, 0) is 64.9 Å². The van der Waals surface area contributed by atoms with Crippen molar-refractivity contribution in [1.82, 2.24) is 5.32 Å². The second-order valence-corrected chi connectivity index (χ2v) is 6.38. The largest absolute Gasteiger partial charge is 0.316 e. The molecular weight excluding hydrogens is 301 g/mol. The van der Waals surface area contributed by atoms with Crippen LogP contribution >= 0.6 is 27.7 Å². The van der Waals surface area contributed by atoms with Crippen LogP contribution in [0, 0.1) is 11.7 Å². The number of rotatable bonds is 4. The summed E-state index contributed by atoms with van der Waals surface area (Å²) in [5, 5.41) is 3.38. The van der Waals surface area contributed by atoms with E-state index in [1.165, 1.54) is 24.0 Å². The lowest BCUT2D eigenvalue weighted by Gasteiger charge is -2.23. The van der Waals surface area contributed by atoms with Crippen LogP contribution in [-0.4, -0.2) is 24.6 Å². The molecule has 94 valence electrons. The molecule has 1 fully saturated rings. The molecule has 1 aromatic rings. The van der Waals surface area contributed by atoms with E-state index in [0.29, 0.717) is 16.4 Å². The molecule has 0 radical (unpaired) electrons. The van der Waals surface area contributed by atoms with Crippen molar-refractivity contribution in [1.29, 1.82) is 0 Å². The summed E-state index contributed by atoms with van der Waals surface area (Å²) in [6.45, 7) is 0. The molecule has 17 heavy (non-hydrogen) atoms. The van der Waals surface area contributed by atoms with Gasteiger partial charge in [0.05, 0.1) is 4.47 Å². The Morgan fingerprint density at radius 2 is 2.41 bits per heavy atom. The maximum absolute atomic E-state index is 13.4. The number of hydrogen-bond acceptors (Lipinski definition) is 2. The summed E-state index contributed by atoms with van der Waals surface area (Å²) in [5.74, 6) is 3.02. The predicted octanol–water partition coefficient (Wildman–Crippen LogP) is 3.47. The van der Waals surface area contributed by atoms with Crippen molar-refractivity contribution in [2.45, 2.75) is 18.9 Å². The van der Waals surface area contributed by atoms with Gasteiger partial charge in [0.15, 0.2) is 0 Å². The molecule has 2 rings (SSSR count). The van der Waals surface area contributed by atoms with E-state index in [2.05, 4.69) is 21.2 Å². The van der Waals surface area contributed by atoms with Gasteiger partial charge in [-0.15, -0.1) is 0 Å². The molecule has 0 aliphatic carbocycles. The molecule has 1 aliphatic heterocycles. The zero-order valence-corrected chi connectivity index (χ0v) is 12.3. The van der Waals surface area contributed by atoms with Crippen molar-refractivity contribution >= 4 is 27.7 Å². The fourth-order valence-corrected chi connectivity index (χ4v) is 4.08. The summed E-state index contributed by atoms with van der Waals surface area (Å²) in [4.78, 5) is 0. The number of halogens is 2. The van der Waals surface area contributed by atoms with Crippen LogP contribution in [0.15, 0.2) is 22.7 Å². The lowest BCUT2D eigenvalue weighted by atomic mass is 9.93. The second-order valence-electron chi connectivity index (χ2n) is 4.44. The molecule has 0 aromatic heterocycles. The highest BCUT2D eigenvalue weighted by Gasteiger charge is 2.25. The summed E-state index contributed by atoms with van der Waals surface area (Å²) >= 11 is 5.36. The fraction of sp³-hybridized carbons (Fsp3) is 0.538. The van der Waals surface area contributed by atoms with Crippen LogP contribution in [0.4, 0.5) is 4.39 Å². The van der Waals surface area contributed by atoms with Crippen LogP contribution < -0.4 is 5.32 Å². The molecule has 1 N–H and O–H groups in total. The lowest BCUT2D eigenvalue weighted by Crippen LogP contribution is -2.35. The highest BCUT2D eigenvalue weighted by Crippen LogP contribution is 2.29. The topological polar surface area (TPSA) is 12.0 Å². The van der Waals surface area contributed by atoms with Gasteiger partial charge in [0.25, 0.3) is 0 Å². The zero-order chi connectivity index (χ0) is 12.3. The molecule has 4 heteroatoms. The Bertz CT molecular complexity index is 380. The number of likely N-dealkylation sites (N-methyl/N-ethyl adjacent to an activating group) is 1. The van der Waals surface area contributed by atoms with Crippen LogP contribution in [0.25, 0.3) is 0 Å². The van der Waals surface area contributed by atoms with Crippen LogP contribution in [0.5, 0.6) is 0 Å². The summed E-state index contributed by atoms with van der Waals surface area (Å²) in [7, 11) is 2.00. The molecule has 0 saturated carbocycles. The molecule has 1 aromatic carbocycles. The Morgan fingerprint density at radius 3 is 3.06 bits per heavy atom. The normalized spacial score (nSPS) is 21.7. The van der Waals surface area contributed by atoms with Gasteiger partial charge in [-0.1, -0.05) is 12.1 Å². The van der Waals surface area contributed by atoms with Gasteiger partial charge in [-0.3, -0.25) is 0 Å². The minimum absolute atomic E-state index is 0.168. The molecule has 0 spiro atoms. The average molecular weight is 318 g/mol. The Labute approximate surface area is 115 Å². The van der Waals surface area contributed by atoms with Crippen LogP contribution in [0.1, 0.15) is 12.0 Å². The third-order valence-electron chi connectivity index (χ3n) is 3.38. The molecular formula is C13H17BrFNS. The van der Waals surface area contributed by atoms with Gasteiger partial charge in [-0.2, -0.15) is 11.8 Å². The maximum Gasteiger partial charge on any atom is 0.137 e. The minimum atomic E-state index is -0.168. The second kappa shape index (κ2) is 6.21. The Hall–Kier alpha value is -0.0600. The summed E-state index contributed by atoms with van der Waals surface area (Å²) in [6.07, 6.45) is 2.16. The first kappa shape index (κ1) is 13.4. The van der Waals surface area contributed by atoms with E-state index in [9.17, 15) is 4.39 Å². The number of benzene rings is 1. The van der Waals surface area contributed by atoms with Crippen molar-refractivity contribution in [3.63, 3.8) is 0 Å². The first-order valence-electron chi connectivity index (χ1n) is 5.90. The molecule has 1 heterocycles. The van der Waals surface area contributed by atoms with Crippen molar-refractivity contribution in [2.24, 2.45) is 5.92 Å². The summed E-state index contributed by atoms with van der Waals surface area (Å²) in [5.41, 5.74) is 1.06. The van der Waals surface area contributed by atoms with Gasteiger partial charge in [0.2, 0.25) is 0 Å². The standard InChI is InChI=1S/C13H17BrFNS/c1-16-12(10-5-6-17-8-10)7-9-3-2-4-11(15)13(9)14/h2-4,10,12,16H,5-8H2,1H3. The summed E-state index contributed by atoms with van der Waals surface area (Å²) in [6, 6.07) is 5.72. The van der Waals surface area contributed by atoms with E-state index >= 15 is 0 Å². The monoisotopic (exact) mass is 317 g/mol. The summed E-state index contributed by atoms with van der Waals surface area (Å²) < 4.78 is 14.1. The highest BCUT2D eigenvalue weighted by atomic mass is 79.9. The number of hydrogen-bond donors (Lipinski definition) is 1. The Kier molecular flexibility index (Phi) is 4.88.